The van der Waals surface area contributed by atoms with Gasteiger partial charge in [0.1, 0.15) is 0 Å². The fourth-order valence-electron chi connectivity index (χ4n) is 1.57. The Labute approximate surface area is 123 Å². The van der Waals surface area contributed by atoms with Gasteiger partial charge in [-0.2, -0.15) is 0 Å². The van der Waals surface area contributed by atoms with Crippen LogP contribution in [-0.4, -0.2) is 31.9 Å². The maximum Gasteiger partial charge on any atom is 0.220 e. The summed E-state index contributed by atoms with van der Waals surface area (Å²) in [4.78, 5) is 13.4. The maximum atomic E-state index is 11.4. The summed E-state index contributed by atoms with van der Waals surface area (Å²) in [7, 11) is 3.98. The number of halogens is 1. The highest BCUT2D eigenvalue weighted by atomic mass is 79.9. The fourth-order valence-corrected chi connectivity index (χ4v) is 1.85. The third kappa shape index (κ3) is 5.80. The Morgan fingerprint density at radius 1 is 1.37 bits per heavy atom. The van der Waals surface area contributed by atoms with Crippen molar-refractivity contribution in [2.24, 2.45) is 0 Å². The van der Waals surface area contributed by atoms with Crippen molar-refractivity contribution in [3.8, 4) is 11.8 Å². The molecule has 1 rings (SSSR count). The molecule has 0 bridgehead atoms. The van der Waals surface area contributed by atoms with Crippen LogP contribution in [-0.2, 0) is 4.79 Å². The molecule has 0 saturated heterocycles. The largest absolute Gasteiger partial charge is 0.377 e. The molecule has 0 atom stereocenters. The standard InChI is InChI=1S/C15H19BrN2O/c1-18(2)14-9-4-3-7-13(14)8-6-12-17-15(19)10-5-11-16/h3-4,7,9H,5,10-12H2,1-2H3,(H,17,19). The number of amides is 1. The molecule has 0 fully saturated rings. The highest BCUT2D eigenvalue weighted by Gasteiger charge is 2.00. The van der Waals surface area contributed by atoms with Crippen molar-refractivity contribution in [3.63, 3.8) is 0 Å². The molecule has 0 aliphatic rings. The van der Waals surface area contributed by atoms with Gasteiger partial charge in [-0.1, -0.05) is 39.9 Å². The first-order chi connectivity index (χ1) is 9.15. The summed E-state index contributed by atoms with van der Waals surface area (Å²) in [6.07, 6.45) is 1.39. The third-order valence-corrected chi connectivity index (χ3v) is 3.08. The summed E-state index contributed by atoms with van der Waals surface area (Å²) in [6.45, 7) is 0.392. The summed E-state index contributed by atoms with van der Waals surface area (Å²) in [6, 6.07) is 7.96. The average molecular weight is 323 g/mol. The summed E-state index contributed by atoms with van der Waals surface area (Å²) in [5.74, 6) is 6.12. The first kappa shape index (κ1) is 15.6. The Bertz CT molecular complexity index is 475. The van der Waals surface area contributed by atoms with Gasteiger partial charge in [-0.15, -0.1) is 0 Å². The molecule has 3 nitrogen and oxygen atoms in total. The second-order valence-corrected chi connectivity index (χ2v) is 5.08. The normalized spacial score (nSPS) is 9.42. The van der Waals surface area contributed by atoms with Gasteiger partial charge in [0, 0.05) is 31.4 Å². The molecule has 0 radical (unpaired) electrons. The van der Waals surface area contributed by atoms with Crippen molar-refractivity contribution in [3.05, 3.63) is 29.8 Å². The van der Waals surface area contributed by atoms with Crippen LogP contribution in [0.2, 0.25) is 0 Å². The Hall–Kier alpha value is -1.47. The Morgan fingerprint density at radius 3 is 2.79 bits per heavy atom. The van der Waals surface area contributed by atoms with Crippen LogP contribution >= 0.6 is 15.9 Å². The predicted octanol–water partition coefficient (Wildman–Crippen LogP) is 2.40. The molecule has 19 heavy (non-hydrogen) atoms. The zero-order valence-electron chi connectivity index (χ0n) is 11.4. The number of hydrogen-bond acceptors (Lipinski definition) is 2. The number of nitrogens with zero attached hydrogens (tertiary/aromatic N) is 1. The number of benzene rings is 1. The van der Waals surface area contributed by atoms with Crippen molar-refractivity contribution >= 4 is 27.5 Å². The van der Waals surface area contributed by atoms with E-state index in [0.29, 0.717) is 13.0 Å². The lowest BCUT2D eigenvalue weighted by molar-refractivity contribution is -0.120. The van der Waals surface area contributed by atoms with Crippen molar-refractivity contribution in [2.75, 3.05) is 30.9 Å². The molecular weight excluding hydrogens is 304 g/mol. The van der Waals surface area contributed by atoms with Gasteiger partial charge in [0.2, 0.25) is 5.91 Å². The summed E-state index contributed by atoms with van der Waals surface area (Å²) >= 11 is 3.30. The van der Waals surface area contributed by atoms with Gasteiger partial charge in [0.15, 0.2) is 0 Å². The molecule has 0 aliphatic heterocycles. The van der Waals surface area contributed by atoms with Crippen LogP contribution < -0.4 is 10.2 Å². The molecule has 1 aromatic rings. The minimum Gasteiger partial charge on any atom is -0.377 e. The van der Waals surface area contributed by atoms with E-state index in [9.17, 15) is 4.79 Å². The summed E-state index contributed by atoms with van der Waals surface area (Å²) in [5.41, 5.74) is 2.06. The van der Waals surface area contributed by atoms with Gasteiger partial charge >= 0.3 is 0 Å². The van der Waals surface area contributed by atoms with Gasteiger partial charge in [0.25, 0.3) is 0 Å². The predicted molar refractivity (Wildman–Crippen MR) is 83.7 cm³/mol. The Morgan fingerprint density at radius 2 is 2.11 bits per heavy atom. The van der Waals surface area contributed by atoms with Gasteiger partial charge in [-0.3, -0.25) is 4.79 Å². The molecule has 0 aliphatic carbocycles. The van der Waals surface area contributed by atoms with Crippen LogP contribution in [0.15, 0.2) is 24.3 Å². The van der Waals surface area contributed by atoms with E-state index in [0.717, 1.165) is 23.0 Å². The molecule has 0 spiro atoms. The van der Waals surface area contributed by atoms with Gasteiger partial charge < -0.3 is 10.2 Å². The quantitative estimate of drug-likeness (QED) is 0.667. The van der Waals surface area contributed by atoms with Crippen molar-refractivity contribution in [1.29, 1.82) is 0 Å². The second-order valence-electron chi connectivity index (χ2n) is 4.28. The lowest BCUT2D eigenvalue weighted by Crippen LogP contribution is -2.23. The van der Waals surface area contributed by atoms with Crippen LogP contribution in [0.3, 0.4) is 0 Å². The van der Waals surface area contributed by atoms with E-state index >= 15 is 0 Å². The Kier molecular flexibility index (Phi) is 7.06. The summed E-state index contributed by atoms with van der Waals surface area (Å²) < 4.78 is 0. The van der Waals surface area contributed by atoms with E-state index in [1.54, 1.807) is 0 Å². The zero-order chi connectivity index (χ0) is 14.1. The topological polar surface area (TPSA) is 32.3 Å². The van der Waals surface area contributed by atoms with E-state index < -0.39 is 0 Å². The van der Waals surface area contributed by atoms with E-state index in [2.05, 4.69) is 33.1 Å². The number of nitrogens with one attached hydrogen (secondary N) is 1. The second kappa shape index (κ2) is 8.60. The molecule has 1 aromatic carbocycles. The molecule has 0 aromatic heterocycles. The molecule has 0 saturated carbocycles. The maximum absolute atomic E-state index is 11.4. The molecule has 1 amide bonds. The lowest BCUT2D eigenvalue weighted by atomic mass is 10.1. The smallest absolute Gasteiger partial charge is 0.220 e. The zero-order valence-corrected chi connectivity index (χ0v) is 13.0. The molecule has 0 heterocycles. The lowest BCUT2D eigenvalue weighted by Gasteiger charge is -2.13. The third-order valence-electron chi connectivity index (χ3n) is 2.52. The van der Waals surface area contributed by atoms with Crippen molar-refractivity contribution in [1.82, 2.24) is 5.32 Å². The van der Waals surface area contributed by atoms with Gasteiger partial charge in [-0.25, -0.2) is 0 Å². The highest BCUT2D eigenvalue weighted by Crippen LogP contribution is 2.16. The van der Waals surface area contributed by atoms with Crippen molar-refractivity contribution < 1.29 is 4.79 Å². The van der Waals surface area contributed by atoms with Crippen LogP contribution in [0.4, 0.5) is 5.69 Å². The van der Waals surface area contributed by atoms with E-state index in [1.807, 2.05) is 43.3 Å². The van der Waals surface area contributed by atoms with Gasteiger partial charge in [-0.05, 0) is 18.6 Å². The monoisotopic (exact) mass is 322 g/mol. The van der Waals surface area contributed by atoms with E-state index in [-0.39, 0.29) is 5.91 Å². The molecule has 4 heteroatoms. The van der Waals surface area contributed by atoms with Crippen LogP contribution in [0.25, 0.3) is 0 Å². The molecule has 0 unspecified atom stereocenters. The highest BCUT2D eigenvalue weighted by molar-refractivity contribution is 9.09. The first-order valence-electron chi connectivity index (χ1n) is 6.23. The van der Waals surface area contributed by atoms with Crippen molar-refractivity contribution in [2.45, 2.75) is 12.8 Å². The number of anilines is 1. The average Bonchev–Trinajstić information content (AvgIpc) is 2.41. The number of alkyl halides is 1. The van der Waals surface area contributed by atoms with Crippen LogP contribution in [0.1, 0.15) is 18.4 Å². The molecular formula is C15H19BrN2O. The Balaban J connectivity index is 2.52. The van der Waals surface area contributed by atoms with Crippen LogP contribution in [0, 0.1) is 11.8 Å². The molecule has 102 valence electrons. The number of hydrogen-bond donors (Lipinski definition) is 1. The number of carbonyl (C=O) groups excluding carboxylic acids is 1. The first-order valence-corrected chi connectivity index (χ1v) is 7.35. The number of para-hydroxylation sites is 1. The van der Waals surface area contributed by atoms with E-state index in [1.165, 1.54) is 0 Å². The van der Waals surface area contributed by atoms with Crippen LogP contribution in [0.5, 0.6) is 0 Å². The SMILES string of the molecule is CN(C)c1ccccc1C#CCNC(=O)CCCBr. The molecule has 1 N–H and O–H groups in total. The fraction of sp³-hybridized carbons (Fsp3) is 0.400. The minimum atomic E-state index is 0.0506. The number of carbonyl (C=O) groups is 1. The number of rotatable bonds is 5. The minimum absolute atomic E-state index is 0.0506. The van der Waals surface area contributed by atoms with Gasteiger partial charge in [0.05, 0.1) is 12.2 Å². The van der Waals surface area contributed by atoms with E-state index in [4.69, 9.17) is 0 Å². The summed E-state index contributed by atoms with van der Waals surface area (Å²) in [5, 5.41) is 3.64.